The number of rotatable bonds is 10. The summed E-state index contributed by atoms with van der Waals surface area (Å²) in [5.41, 5.74) is 1.84. The van der Waals surface area contributed by atoms with Crippen molar-refractivity contribution in [2.45, 2.75) is 32.1 Å². The molecule has 7 nitrogen and oxygen atoms in total. The number of sulfonamides is 1. The minimum absolute atomic E-state index is 0.0632. The highest BCUT2D eigenvalue weighted by atomic mass is 32.2. The van der Waals surface area contributed by atoms with E-state index in [0.29, 0.717) is 18.8 Å². The average Bonchev–Trinajstić information content (AvgIpc) is 2.54. The number of carbonyl (C=O) groups excluding carboxylic acids is 1. The minimum Gasteiger partial charge on any atom is -0.495 e. The van der Waals surface area contributed by atoms with E-state index in [9.17, 15) is 13.2 Å². The third-order valence-corrected chi connectivity index (χ3v) is 5.70. The molecular weight excluding hydrogens is 354 g/mol. The number of ether oxygens (including phenoxy) is 1. The Balaban J connectivity index is 2.75. The molecule has 0 radical (unpaired) electrons. The Kier molecular flexibility index (Phi) is 8.52. The van der Waals surface area contributed by atoms with Crippen molar-refractivity contribution in [3.05, 3.63) is 23.3 Å². The van der Waals surface area contributed by atoms with Gasteiger partial charge in [-0.25, -0.2) is 13.1 Å². The van der Waals surface area contributed by atoms with Gasteiger partial charge in [0.25, 0.3) is 0 Å². The fourth-order valence-corrected chi connectivity index (χ4v) is 3.78. The molecule has 1 aromatic carbocycles. The van der Waals surface area contributed by atoms with E-state index < -0.39 is 10.0 Å². The molecule has 1 aromatic rings. The summed E-state index contributed by atoms with van der Waals surface area (Å²) in [6.45, 7) is 7.21. The Labute approximate surface area is 157 Å². The van der Waals surface area contributed by atoms with Crippen LogP contribution in [0.25, 0.3) is 0 Å². The lowest BCUT2D eigenvalue weighted by atomic mass is 10.1. The largest absolute Gasteiger partial charge is 0.495 e. The van der Waals surface area contributed by atoms with Crippen LogP contribution >= 0.6 is 0 Å². The molecule has 0 aromatic heterocycles. The van der Waals surface area contributed by atoms with Crippen LogP contribution in [0.4, 0.5) is 0 Å². The van der Waals surface area contributed by atoms with Gasteiger partial charge in [0.15, 0.2) is 0 Å². The molecule has 148 valence electrons. The normalized spacial score (nSPS) is 11.7. The highest BCUT2D eigenvalue weighted by Gasteiger charge is 2.21. The van der Waals surface area contributed by atoms with Gasteiger partial charge in [0.05, 0.1) is 7.11 Å². The number of amides is 1. The number of nitrogens with zero attached hydrogens (tertiary/aromatic N) is 2. The van der Waals surface area contributed by atoms with Crippen LogP contribution in [-0.2, 0) is 14.8 Å². The maximum atomic E-state index is 12.6. The molecule has 0 heterocycles. The van der Waals surface area contributed by atoms with Gasteiger partial charge in [0, 0.05) is 26.6 Å². The van der Waals surface area contributed by atoms with Gasteiger partial charge in [-0.05, 0) is 64.2 Å². The van der Waals surface area contributed by atoms with Crippen LogP contribution in [0.1, 0.15) is 24.5 Å². The molecule has 26 heavy (non-hydrogen) atoms. The molecule has 0 saturated heterocycles. The first-order valence-corrected chi connectivity index (χ1v) is 10.1. The van der Waals surface area contributed by atoms with Gasteiger partial charge in [-0.3, -0.25) is 4.79 Å². The van der Waals surface area contributed by atoms with Crippen LogP contribution in [0.3, 0.4) is 0 Å². The fourth-order valence-electron chi connectivity index (χ4n) is 2.53. The van der Waals surface area contributed by atoms with Crippen LogP contribution in [0.2, 0.25) is 0 Å². The zero-order chi connectivity index (χ0) is 19.9. The maximum absolute atomic E-state index is 12.6. The van der Waals surface area contributed by atoms with Crippen molar-refractivity contribution in [3.8, 4) is 5.75 Å². The minimum atomic E-state index is -3.72. The molecule has 8 heteroatoms. The lowest BCUT2D eigenvalue weighted by molar-refractivity contribution is -0.128. The van der Waals surface area contributed by atoms with Gasteiger partial charge in [-0.1, -0.05) is 0 Å². The summed E-state index contributed by atoms with van der Waals surface area (Å²) in [7, 11) is 1.68. The van der Waals surface area contributed by atoms with E-state index in [4.69, 9.17) is 4.74 Å². The zero-order valence-corrected chi connectivity index (χ0v) is 17.4. The second-order valence-electron chi connectivity index (χ2n) is 6.65. The number of methoxy groups -OCH3 is 1. The molecule has 0 spiro atoms. The predicted molar refractivity (Wildman–Crippen MR) is 103 cm³/mol. The second-order valence-corrected chi connectivity index (χ2v) is 8.38. The summed E-state index contributed by atoms with van der Waals surface area (Å²) in [4.78, 5) is 15.6. The van der Waals surface area contributed by atoms with Crippen molar-refractivity contribution in [1.29, 1.82) is 0 Å². The summed E-state index contributed by atoms with van der Waals surface area (Å²) in [5.74, 6) is 0.252. The molecule has 0 aliphatic carbocycles. The Morgan fingerprint density at radius 1 is 1.12 bits per heavy atom. The molecule has 0 unspecified atom stereocenters. The molecule has 1 amide bonds. The Morgan fingerprint density at radius 2 is 1.73 bits per heavy atom. The van der Waals surface area contributed by atoms with Crippen molar-refractivity contribution < 1.29 is 17.9 Å². The molecule has 1 N–H and O–H groups in total. The molecule has 1 rings (SSSR count). The first-order chi connectivity index (χ1) is 12.1. The SMILES string of the molecule is COc1cc(C)c(C)cc1S(=O)(=O)NCCN(CCCN(C)C)C(C)=O. The Bertz CT molecular complexity index is 717. The summed E-state index contributed by atoms with van der Waals surface area (Å²) in [5, 5.41) is 0. The fraction of sp³-hybridized carbons (Fsp3) is 0.611. The van der Waals surface area contributed by atoms with E-state index in [1.807, 2.05) is 32.8 Å². The molecule has 0 aliphatic rings. The highest BCUT2D eigenvalue weighted by Crippen LogP contribution is 2.27. The molecule has 0 aliphatic heterocycles. The molecule has 0 fully saturated rings. The smallest absolute Gasteiger partial charge is 0.244 e. The molecule has 0 saturated carbocycles. The number of aryl methyl sites for hydroxylation is 2. The van der Waals surface area contributed by atoms with Crippen LogP contribution in [0.15, 0.2) is 17.0 Å². The summed E-state index contributed by atoms with van der Waals surface area (Å²) < 4.78 is 33.0. The third-order valence-electron chi connectivity index (χ3n) is 4.22. The third kappa shape index (κ3) is 6.59. The number of hydrogen-bond acceptors (Lipinski definition) is 5. The number of benzene rings is 1. The summed E-state index contributed by atoms with van der Waals surface area (Å²) >= 11 is 0. The zero-order valence-electron chi connectivity index (χ0n) is 16.6. The monoisotopic (exact) mass is 385 g/mol. The average molecular weight is 386 g/mol. The van der Waals surface area contributed by atoms with Crippen molar-refractivity contribution in [1.82, 2.24) is 14.5 Å². The Morgan fingerprint density at radius 3 is 2.27 bits per heavy atom. The van der Waals surface area contributed by atoms with Crippen LogP contribution in [0.5, 0.6) is 5.75 Å². The second kappa shape index (κ2) is 9.89. The van der Waals surface area contributed by atoms with Crippen molar-refractivity contribution >= 4 is 15.9 Å². The van der Waals surface area contributed by atoms with Gasteiger partial charge < -0.3 is 14.5 Å². The lowest BCUT2D eigenvalue weighted by Crippen LogP contribution is -2.38. The maximum Gasteiger partial charge on any atom is 0.244 e. The number of nitrogens with one attached hydrogen (secondary N) is 1. The number of hydrogen-bond donors (Lipinski definition) is 1. The lowest BCUT2D eigenvalue weighted by Gasteiger charge is -2.22. The van der Waals surface area contributed by atoms with Crippen LogP contribution < -0.4 is 9.46 Å². The van der Waals surface area contributed by atoms with E-state index in [-0.39, 0.29) is 17.3 Å². The van der Waals surface area contributed by atoms with E-state index in [0.717, 1.165) is 24.1 Å². The standard InChI is InChI=1S/C18H31N3O4S/c1-14-12-17(25-6)18(13-15(14)2)26(23,24)19-8-11-21(16(3)22)10-7-9-20(4)5/h12-13,19H,7-11H2,1-6H3. The van der Waals surface area contributed by atoms with Crippen molar-refractivity contribution in [3.63, 3.8) is 0 Å². The number of carbonyl (C=O) groups is 1. The van der Waals surface area contributed by atoms with Gasteiger partial charge in [0.1, 0.15) is 10.6 Å². The van der Waals surface area contributed by atoms with E-state index in [1.54, 1.807) is 17.0 Å². The summed E-state index contributed by atoms with van der Waals surface area (Å²) in [6, 6.07) is 3.32. The van der Waals surface area contributed by atoms with Gasteiger partial charge in [0.2, 0.25) is 15.9 Å². The highest BCUT2D eigenvalue weighted by molar-refractivity contribution is 7.89. The van der Waals surface area contributed by atoms with Crippen molar-refractivity contribution in [2.75, 3.05) is 47.4 Å². The molecular formula is C18H31N3O4S. The van der Waals surface area contributed by atoms with E-state index >= 15 is 0 Å². The Hall–Kier alpha value is -1.64. The van der Waals surface area contributed by atoms with E-state index in [1.165, 1.54) is 14.0 Å². The van der Waals surface area contributed by atoms with Gasteiger partial charge >= 0.3 is 0 Å². The van der Waals surface area contributed by atoms with Gasteiger partial charge in [-0.15, -0.1) is 0 Å². The van der Waals surface area contributed by atoms with Crippen LogP contribution in [-0.4, -0.2) is 71.5 Å². The predicted octanol–water partition coefficient (Wildman–Crippen LogP) is 1.39. The molecule has 0 bridgehead atoms. The van der Waals surface area contributed by atoms with Gasteiger partial charge in [-0.2, -0.15) is 0 Å². The first-order valence-electron chi connectivity index (χ1n) is 8.63. The topological polar surface area (TPSA) is 79.0 Å². The first kappa shape index (κ1) is 22.4. The quantitative estimate of drug-likeness (QED) is 0.658. The summed E-state index contributed by atoms with van der Waals surface area (Å²) in [6.07, 6.45) is 0.838. The van der Waals surface area contributed by atoms with Crippen LogP contribution in [0, 0.1) is 13.8 Å². The van der Waals surface area contributed by atoms with Crippen molar-refractivity contribution in [2.24, 2.45) is 0 Å². The molecule has 0 atom stereocenters. The van der Waals surface area contributed by atoms with E-state index in [2.05, 4.69) is 4.72 Å².